The first-order chi connectivity index (χ1) is 17.6. The third-order valence-electron chi connectivity index (χ3n) is 6.88. The van der Waals surface area contributed by atoms with Crippen molar-refractivity contribution in [1.82, 2.24) is 19.4 Å². The number of benzene rings is 1. The third-order valence-corrected chi connectivity index (χ3v) is 9.92. The Bertz CT molecular complexity index is 1400. The van der Waals surface area contributed by atoms with E-state index in [0.29, 0.717) is 54.7 Å². The van der Waals surface area contributed by atoms with Gasteiger partial charge in [0, 0.05) is 51.7 Å². The Morgan fingerprint density at radius 1 is 1.19 bits per heavy atom. The predicted molar refractivity (Wildman–Crippen MR) is 138 cm³/mol. The molecule has 0 radical (unpaired) electrons. The summed E-state index contributed by atoms with van der Waals surface area (Å²) in [5, 5.41) is 3.80. The molecule has 0 saturated carbocycles. The molecule has 1 atom stereocenters. The van der Waals surface area contributed by atoms with Gasteiger partial charge in [0.2, 0.25) is 0 Å². The van der Waals surface area contributed by atoms with E-state index in [1.807, 2.05) is 0 Å². The fourth-order valence-corrected chi connectivity index (χ4v) is 7.47. The number of nitrogens with zero attached hydrogens (tertiary/aromatic N) is 4. The first-order valence-corrected chi connectivity index (χ1v) is 14.1. The second kappa shape index (κ2) is 10.9. The normalized spacial score (nSPS) is 16.9. The maximum absolute atomic E-state index is 14.8. The molecule has 37 heavy (non-hydrogen) atoms. The van der Waals surface area contributed by atoms with Crippen molar-refractivity contribution in [3.63, 3.8) is 0 Å². The van der Waals surface area contributed by atoms with Crippen LogP contribution in [0, 0.1) is 12.7 Å². The number of ether oxygens (including phenoxy) is 1. The monoisotopic (exact) mass is 537 g/mol. The van der Waals surface area contributed by atoms with E-state index >= 15 is 0 Å². The largest absolute Gasteiger partial charge is 0.383 e. The average Bonchev–Trinajstić information content (AvgIpc) is 2.86. The van der Waals surface area contributed by atoms with Crippen LogP contribution in [0.4, 0.5) is 19.0 Å². The summed E-state index contributed by atoms with van der Waals surface area (Å²) >= 11 is 0. The molecule has 4 rings (SSSR count). The quantitative estimate of drug-likeness (QED) is 0.437. The van der Waals surface area contributed by atoms with Crippen molar-refractivity contribution in [2.45, 2.75) is 26.3 Å². The average molecular weight is 538 g/mol. The Balaban J connectivity index is 1.74. The minimum absolute atomic E-state index is 0.0588. The van der Waals surface area contributed by atoms with Crippen LogP contribution in [0.15, 0.2) is 29.1 Å². The molecule has 8 nitrogen and oxygen atoms in total. The number of pyridine rings is 1. The van der Waals surface area contributed by atoms with E-state index < -0.39 is 31.0 Å². The fraction of sp³-hybridized carbons (Fsp3) is 0.480. The summed E-state index contributed by atoms with van der Waals surface area (Å²) in [4.78, 5) is 24.3. The van der Waals surface area contributed by atoms with Gasteiger partial charge in [-0.2, -0.15) is 0 Å². The molecule has 1 aromatic carbocycles. The van der Waals surface area contributed by atoms with Crippen LogP contribution in [0.25, 0.3) is 11.0 Å². The molecule has 2 aromatic heterocycles. The minimum atomic E-state index is -3.00. The molecule has 1 fully saturated rings. The van der Waals surface area contributed by atoms with Crippen LogP contribution in [0.2, 0.25) is 0 Å². The van der Waals surface area contributed by atoms with Gasteiger partial charge in [0.15, 0.2) is 0 Å². The molecule has 1 aliphatic rings. The van der Waals surface area contributed by atoms with Crippen LogP contribution in [0.3, 0.4) is 0 Å². The highest BCUT2D eigenvalue weighted by molar-refractivity contribution is 7.71. The molecule has 1 aliphatic heterocycles. The number of fused-ring (bicyclic) bond motifs is 1. The van der Waals surface area contributed by atoms with E-state index in [1.54, 1.807) is 34.1 Å². The zero-order chi connectivity index (χ0) is 26.9. The third kappa shape index (κ3) is 5.44. The number of anilines is 1. The van der Waals surface area contributed by atoms with Crippen molar-refractivity contribution in [2.24, 2.45) is 7.05 Å². The maximum atomic E-state index is 14.8. The lowest BCUT2D eigenvalue weighted by Gasteiger charge is -2.32. The van der Waals surface area contributed by atoms with Gasteiger partial charge >= 0.3 is 0 Å². The number of alkyl halides is 2. The molecule has 0 spiro atoms. The highest BCUT2D eigenvalue weighted by atomic mass is 31.2. The SMILES string of the molecule is COCCN1CCP(=O)(c2cc3c(N[C@H](C)c4cccc(C(F)F)c4F)nc(C)nc3n(C)c2=O)CC1. The second-order valence-electron chi connectivity index (χ2n) is 9.34. The maximum Gasteiger partial charge on any atom is 0.266 e. The molecule has 0 amide bonds. The standard InChI is InChI=1S/C25H31F3N5O3P/c1-15(17-6-5-7-18(21(17)26)22(27)28)29-23-19-14-20(25(34)32(3)24(19)31-16(2)30-23)37(35)12-9-33(10-13-37)8-11-36-4/h5-7,14-15,22H,8-13H2,1-4H3,(H,29,30,31)/t15-/m1/s1. The van der Waals surface area contributed by atoms with E-state index in [-0.39, 0.29) is 16.4 Å². The summed E-state index contributed by atoms with van der Waals surface area (Å²) in [6.07, 6.45) is -2.20. The van der Waals surface area contributed by atoms with Crippen LogP contribution in [-0.4, -0.2) is 65.1 Å². The number of hydrogen-bond donors (Lipinski definition) is 1. The summed E-state index contributed by atoms with van der Waals surface area (Å²) in [6.45, 7) is 5.78. The fourth-order valence-electron chi connectivity index (χ4n) is 4.69. The summed E-state index contributed by atoms with van der Waals surface area (Å²) in [7, 11) is 0.207. The molecule has 12 heteroatoms. The van der Waals surface area contributed by atoms with Gasteiger partial charge in [-0.05, 0) is 19.9 Å². The van der Waals surface area contributed by atoms with Gasteiger partial charge in [-0.25, -0.2) is 23.1 Å². The number of rotatable bonds is 8. The van der Waals surface area contributed by atoms with Crippen LogP contribution in [-0.2, 0) is 16.3 Å². The summed E-state index contributed by atoms with van der Waals surface area (Å²) in [6, 6.07) is 4.74. The van der Waals surface area contributed by atoms with Gasteiger partial charge in [-0.3, -0.25) is 9.36 Å². The Labute approximate surface area is 213 Å². The molecule has 0 bridgehead atoms. The first kappa shape index (κ1) is 27.3. The Morgan fingerprint density at radius 3 is 2.51 bits per heavy atom. The number of halogens is 3. The van der Waals surface area contributed by atoms with Crippen molar-refractivity contribution in [3.05, 3.63) is 57.4 Å². The van der Waals surface area contributed by atoms with Crippen LogP contribution >= 0.6 is 7.14 Å². The van der Waals surface area contributed by atoms with Crippen molar-refractivity contribution in [2.75, 3.05) is 51.0 Å². The number of aromatic nitrogens is 3. The lowest BCUT2D eigenvalue weighted by atomic mass is 10.0. The van der Waals surface area contributed by atoms with E-state index in [4.69, 9.17) is 4.74 Å². The molecule has 1 saturated heterocycles. The number of methoxy groups -OCH3 is 1. The molecular weight excluding hydrogens is 506 g/mol. The Morgan fingerprint density at radius 2 is 1.86 bits per heavy atom. The van der Waals surface area contributed by atoms with Gasteiger partial charge < -0.3 is 19.5 Å². The van der Waals surface area contributed by atoms with Crippen molar-refractivity contribution >= 4 is 29.3 Å². The highest BCUT2D eigenvalue weighted by Crippen LogP contribution is 2.45. The van der Waals surface area contributed by atoms with Gasteiger partial charge in [0.25, 0.3) is 12.0 Å². The van der Waals surface area contributed by atoms with Gasteiger partial charge in [0.05, 0.1) is 28.9 Å². The predicted octanol–water partition coefficient (Wildman–Crippen LogP) is 3.84. The highest BCUT2D eigenvalue weighted by Gasteiger charge is 2.34. The molecule has 3 heterocycles. The van der Waals surface area contributed by atoms with Gasteiger partial charge in [-0.1, -0.05) is 18.2 Å². The molecule has 0 aliphatic carbocycles. The first-order valence-electron chi connectivity index (χ1n) is 12.1. The van der Waals surface area contributed by atoms with Gasteiger partial charge in [0.1, 0.15) is 30.2 Å². The van der Waals surface area contributed by atoms with E-state index in [2.05, 4.69) is 20.2 Å². The number of aryl methyl sites for hydroxylation is 2. The van der Waals surface area contributed by atoms with E-state index in [9.17, 15) is 22.5 Å². The van der Waals surface area contributed by atoms with Crippen molar-refractivity contribution in [3.8, 4) is 0 Å². The topological polar surface area (TPSA) is 89.3 Å². The molecule has 1 N–H and O–H groups in total. The van der Waals surface area contributed by atoms with Crippen LogP contribution < -0.4 is 16.2 Å². The van der Waals surface area contributed by atoms with E-state index in [0.717, 1.165) is 12.6 Å². The van der Waals surface area contributed by atoms with Gasteiger partial charge in [-0.15, -0.1) is 0 Å². The molecule has 0 unspecified atom stereocenters. The van der Waals surface area contributed by atoms with E-state index in [1.165, 1.54) is 16.7 Å². The second-order valence-corrected chi connectivity index (χ2v) is 12.5. The number of hydrogen-bond acceptors (Lipinski definition) is 7. The smallest absolute Gasteiger partial charge is 0.266 e. The van der Waals surface area contributed by atoms with Crippen LogP contribution in [0.1, 0.15) is 36.3 Å². The lowest BCUT2D eigenvalue weighted by molar-refractivity contribution is 0.146. The zero-order valence-electron chi connectivity index (χ0n) is 21.3. The summed E-state index contributed by atoms with van der Waals surface area (Å²) in [5.74, 6) is -0.311. The molecule has 200 valence electrons. The lowest BCUT2D eigenvalue weighted by Crippen LogP contribution is -2.42. The number of nitrogens with one attached hydrogen (secondary N) is 1. The minimum Gasteiger partial charge on any atom is -0.383 e. The molecular formula is C25H31F3N5O3P. The summed E-state index contributed by atoms with van der Waals surface area (Å²) in [5.41, 5.74) is -0.644. The Kier molecular flexibility index (Phi) is 8.06. The molecule has 3 aromatic rings. The van der Waals surface area contributed by atoms with Crippen LogP contribution in [0.5, 0.6) is 0 Å². The Hall–Kier alpha value is -2.75. The zero-order valence-corrected chi connectivity index (χ0v) is 22.2. The van der Waals surface area contributed by atoms with Crippen molar-refractivity contribution < 1.29 is 22.5 Å². The summed E-state index contributed by atoms with van der Waals surface area (Å²) < 4.78 is 61.8. The van der Waals surface area contributed by atoms with Crippen molar-refractivity contribution in [1.29, 1.82) is 0 Å².